The Morgan fingerprint density at radius 2 is 2.00 bits per heavy atom. The lowest BCUT2D eigenvalue weighted by molar-refractivity contribution is -0.385. The number of benzene rings is 1. The summed E-state index contributed by atoms with van der Waals surface area (Å²) in [5, 5.41) is 22.1. The number of carbonyl (C=O) groups is 2. The van der Waals surface area contributed by atoms with Crippen LogP contribution < -0.4 is 5.32 Å². The normalized spacial score (nSPS) is 10.1. The standard InChI is InChI=1S/C12H7FN2O5S/c13-6-1-2-8(15(19)20)7(5-6)11(16)14-10-4-3-9(21-10)12(17)18/h1-5H,(H,14,16)(H,17,18). The molecule has 1 aromatic carbocycles. The monoisotopic (exact) mass is 310 g/mol. The highest BCUT2D eigenvalue weighted by atomic mass is 32.1. The Morgan fingerprint density at radius 1 is 1.29 bits per heavy atom. The number of hydrogen-bond acceptors (Lipinski definition) is 5. The quantitative estimate of drug-likeness (QED) is 0.666. The maximum absolute atomic E-state index is 13.1. The van der Waals surface area contributed by atoms with Crippen LogP contribution in [0.4, 0.5) is 15.1 Å². The minimum atomic E-state index is -1.16. The van der Waals surface area contributed by atoms with Crippen molar-refractivity contribution >= 4 is 33.9 Å². The Hall–Kier alpha value is -2.81. The molecule has 0 atom stereocenters. The molecule has 1 aromatic heterocycles. The van der Waals surface area contributed by atoms with E-state index in [9.17, 15) is 24.1 Å². The van der Waals surface area contributed by atoms with E-state index in [1.54, 1.807) is 0 Å². The molecule has 2 rings (SSSR count). The van der Waals surface area contributed by atoms with Crippen LogP contribution in [-0.4, -0.2) is 21.9 Å². The number of amides is 1. The number of thiophene rings is 1. The highest BCUT2D eigenvalue weighted by Crippen LogP contribution is 2.25. The van der Waals surface area contributed by atoms with Gasteiger partial charge in [-0.2, -0.15) is 0 Å². The van der Waals surface area contributed by atoms with Gasteiger partial charge in [-0.15, -0.1) is 11.3 Å². The van der Waals surface area contributed by atoms with Gasteiger partial charge >= 0.3 is 5.97 Å². The van der Waals surface area contributed by atoms with E-state index in [2.05, 4.69) is 5.32 Å². The summed E-state index contributed by atoms with van der Waals surface area (Å²) in [6.07, 6.45) is 0. The van der Waals surface area contributed by atoms with Gasteiger partial charge in [0, 0.05) is 6.07 Å². The summed E-state index contributed by atoms with van der Waals surface area (Å²) in [6.45, 7) is 0. The number of aromatic carboxylic acids is 1. The van der Waals surface area contributed by atoms with Gasteiger partial charge in [0.15, 0.2) is 0 Å². The first kappa shape index (κ1) is 14.6. The number of carboxylic acids is 1. The highest BCUT2D eigenvalue weighted by Gasteiger charge is 2.21. The molecule has 9 heteroatoms. The van der Waals surface area contributed by atoms with Crippen molar-refractivity contribution in [1.29, 1.82) is 0 Å². The summed E-state index contributed by atoms with van der Waals surface area (Å²) in [5.41, 5.74) is -0.978. The molecule has 7 nitrogen and oxygen atoms in total. The molecule has 1 amide bonds. The molecule has 0 unspecified atom stereocenters. The maximum atomic E-state index is 13.1. The minimum Gasteiger partial charge on any atom is -0.477 e. The van der Waals surface area contributed by atoms with Crippen molar-refractivity contribution in [2.75, 3.05) is 5.32 Å². The van der Waals surface area contributed by atoms with Gasteiger partial charge in [0.05, 0.1) is 9.92 Å². The van der Waals surface area contributed by atoms with Gasteiger partial charge in [-0.3, -0.25) is 14.9 Å². The molecular formula is C12H7FN2O5S. The van der Waals surface area contributed by atoms with E-state index in [0.717, 1.165) is 29.5 Å². The number of nitro benzene ring substituents is 1. The summed E-state index contributed by atoms with van der Waals surface area (Å²) < 4.78 is 13.1. The molecular weight excluding hydrogens is 303 g/mol. The van der Waals surface area contributed by atoms with Crippen molar-refractivity contribution in [2.24, 2.45) is 0 Å². The Kier molecular flexibility index (Phi) is 3.94. The first-order chi connectivity index (χ1) is 9.88. The molecule has 0 spiro atoms. The number of halogens is 1. The predicted octanol–water partition coefficient (Wildman–Crippen LogP) is 2.75. The van der Waals surface area contributed by atoms with Crippen LogP contribution in [0.1, 0.15) is 20.0 Å². The number of anilines is 1. The Labute approximate surface area is 120 Å². The smallest absolute Gasteiger partial charge is 0.345 e. The molecule has 2 N–H and O–H groups in total. The molecule has 2 aromatic rings. The average molecular weight is 310 g/mol. The third kappa shape index (κ3) is 3.20. The lowest BCUT2D eigenvalue weighted by atomic mass is 10.1. The van der Waals surface area contributed by atoms with Crippen LogP contribution in [-0.2, 0) is 0 Å². The molecule has 0 saturated carbocycles. The van der Waals surface area contributed by atoms with Gasteiger partial charge in [0.25, 0.3) is 11.6 Å². The fraction of sp³-hybridized carbons (Fsp3) is 0. The van der Waals surface area contributed by atoms with Gasteiger partial charge in [-0.05, 0) is 24.3 Å². The maximum Gasteiger partial charge on any atom is 0.345 e. The summed E-state index contributed by atoms with van der Waals surface area (Å²) in [7, 11) is 0. The third-order valence-electron chi connectivity index (χ3n) is 2.45. The van der Waals surface area contributed by atoms with Crippen LogP contribution >= 0.6 is 11.3 Å². The molecule has 1 heterocycles. The number of nitrogens with zero attached hydrogens (tertiary/aromatic N) is 1. The van der Waals surface area contributed by atoms with Crippen LogP contribution in [0.15, 0.2) is 30.3 Å². The fourth-order valence-electron chi connectivity index (χ4n) is 1.55. The van der Waals surface area contributed by atoms with E-state index < -0.39 is 33.9 Å². The topological polar surface area (TPSA) is 110 Å². The summed E-state index contributed by atoms with van der Waals surface area (Å²) >= 11 is 0.787. The first-order valence-electron chi connectivity index (χ1n) is 5.47. The van der Waals surface area contributed by atoms with Crippen molar-refractivity contribution in [2.45, 2.75) is 0 Å². The number of carboxylic acid groups (broad SMARTS) is 1. The zero-order chi connectivity index (χ0) is 15.6. The zero-order valence-electron chi connectivity index (χ0n) is 10.2. The van der Waals surface area contributed by atoms with Crippen molar-refractivity contribution in [3.8, 4) is 0 Å². The van der Waals surface area contributed by atoms with Crippen LogP contribution in [0.25, 0.3) is 0 Å². The first-order valence-corrected chi connectivity index (χ1v) is 6.28. The van der Waals surface area contributed by atoms with Crippen molar-refractivity contribution in [1.82, 2.24) is 0 Å². The largest absolute Gasteiger partial charge is 0.477 e. The molecule has 108 valence electrons. The van der Waals surface area contributed by atoms with E-state index in [1.165, 1.54) is 12.1 Å². The van der Waals surface area contributed by atoms with Gasteiger partial charge < -0.3 is 10.4 Å². The van der Waals surface area contributed by atoms with E-state index in [1.807, 2.05) is 0 Å². The number of rotatable bonds is 4. The fourth-order valence-corrected chi connectivity index (χ4v) is 2.29. The SMILES string of the molecule is O=C(O)c1ccc(NC(=O)c2cc(F)ccc2[N+](=O)[O-])s1. The molecule has 21 heavy (non-hydrogen) atoms. The van der Waals surface area contributed by atoms with E-state index in [-0.39, 0.29) is 9.88 Å². The summed E-state index contributed by atoms with van der Waals surface area (Å²) in [5.74, 6) is -2.83. The lowest BCUT2D eigenvalue weighted by Gasteiger charge is -2.03. The van der Waals surface area contributed by atoms with Gasteiger partial charge in [0.2, 0.25) is 0 Å². The van der Waals surface area contributed by atoms with Crippen LogP contribution in [0.2, 0.25) is 0 Å². The van der Waals surface area contributed by atoms with Gasteiger partial charge in [0.1, 0.15) is 16.3 Å². The summed E-state index contributed by atoms with van der Waals surface area (Å²) in [4.78, 5) is 32.7. The Morgan fingerprint density at radius 3 is 2.57 bits per heavy atom. The Balaban J connectivity index is 2.29. The minimum absolute atomic E-state index is 0.000887. The molecule has 0 aliphatic rings. The van der Waals surface area contributed by atoms with Gasteiger partial charge in [-0.1, -0.05) is 0 Å². The van der Waals surface area contributed by atoms with Crippen LogP contribution in [0, 0.1) is 15.9 Å². The second-order valence-electron chi connectivity index (χ2n) is 3.84. The second kappa shape index (κ2) is 5.67. The number of nitro groups is 1. The summed E-state index contributed by atoms with van der Waals surface area (Å²) in [6, 6.07) is 5.14. The zero-order valence-corrected chi connectivity index (χ0v) is 11.0. The molecule has 0 fully saturated rings. The van der Waals surface area contributed by atoms with Crippen molar-refractivity contribution < 1.29 is 24.0 Å². The van der Waals surface area contributed by atoms with Crippen LogP contribution in [0.3, 0.4) is 0 Å². The molecule has 0 bridgehead atoms. The molecule has 0 radical (unpaired) electrons. The van der Waals surface area contributed by atoms with Gasteiger partial charge in [-0.25, -0.2) is 9.18 Å². The highest BCUT2D eigenvalue weighted by molar-refractivity contribution is 7.18. The average Bonchev–Trinajstić information content (AvgIpc) is 2.86. The molecule has 0 aliphatic carbocycles. The predicted molar refractivity (Wildman–Crippen MR) is 72.3 cm³/mol. The lowest BCUT2D eigenvalue weighted by Crippen LogP contribution is -2.13. The number of carbonyl (C=O) groups excluding carboxylic acids is 1. The van der Waals surface area contributed by atoms with E-state index in [4.69, 9.17) is 5.11 Å². The third-order valence-corrected chi connectivity index (χ3v) is 3.44. The number of nitrogens with one attached hydrogen (secondary N) is 1. The second-order valence-corrected chi connectivity index (χ2v) is 4.93. The Bertz CT molecular complexity index is 743. The molecule has 0 aliphatic heterocycles. The number of hydrogen-bond donors (Lipinski definition) is 2. The molecule has 0 saturated heterocycles. The van der Waals surface area contributed by atoms with Crippen LogP contribution in [0.5, 0.6) is 0 Å². The van der Waals surface area contributed by atoms with Crippen molar-refractivity contribution in [3.63, 3.8) is 0 Å². The van der Waals surface area contributed by atoms with E-state index >= 15 is 0 Å². The van der Waals surface area contributed by atoms with E-state index in [0.29, 0.717) is 0 Å². The van der Waals surface area contributed by atoms with Crippen molar-refractivity contribution in [3.05, 3.63) is 56.7 Å².